The van der Waals surface area contributed by atoms with Crippen LogP contribution in [0.4, 0.5) is 13.2 Å². The molecule has 1 N–H and O–H groups in total. The molecule has 1 rings (SSSR count). The molecule has 88 valence electrons. The minimum absolute atomic E-state index is 0.350. The number of carbonyl (C=O) groups is 1. The number of carboxylic acids is 1. The number of halogens is 4. The summed E-state index contributed by atoms with van der Waals surface area (Å²) in [5.41, 5.74) is -1.03. The van der Waals surface area contributed by atoms with Crippen LogP contribution in [0.25, 0.3) is 0 Å². The molecule has 0 spiro atoms. The third-order valence-corrected chi connectivity index (χ3v) is 1.74. The van der Waals surface area contributed by atoms with E-state index < -0.39 is 29.3 Å². The van der Waals surface area contributed by atoms with Crippen LogP contribution in [-0.2, 0) is 11.0 Å². The number of alkyl halides is 3. The molecule has 0 radical (unpaired) electrons. The van der Waals surface area contributed by atoms with Gasteiger partial charge in [0.1, 0.15) is 5.02 Å². The van der Waals surface area contributed by atoms with Crippen molar-refractivity contribution in [1.29, 1.82) is 0 Å². The summed E-state index contributed by atoms with van der Waals surface area (Å²) in [5.74, 6) is -1.63. The second-order valence-corrected chi connectivity index (χ2v) is 3.10. The lowest BCUT2D eigenvalue weighted by Crippen LogP contribution is -2.11. The molecule has 0 unspecified atom stereocenters. The average Bonchev–Trinajstić information content (AvgIpc) is 2.14. The summed E-state index contributed by atoms with van der Waals surface area (Å²) in [5, 5.41) is 7.88. The highest BCUT2D eigenvalue weighted by Gasteiger charge is 2.31. The largest absolute Gasteiger partial charge is 0.479 e. The third kappa shape index (κ3) is 3.27. The van der Waals surface area contributed by atoms with Gasteiger partial charge in [0, 0.05) is 6.20 Å². The SMILES string of the molecule is O=C(O)COc1ncc(C(F)(F)F)cc1Cl. The summed E-state index contributed by atoms with van der Waals surface area (Å²) in [6.07, 6.45) is -4.04. The Morgan fingerprint density at radius 2 is 2.19 bits per heavy atom. The van der Waals surface area contributed by atoms with Gasteiger partial charge in [-0.15, -0.1) is 0 Å². The van der Waals surface area contributed by atoms with E-state index in [1.165, 1.54) is 0 Å². The normalized spacial score (nSPS) is 11.2. The van der Waals surface area contributed by atoms with Crippen LogP contribution in [0.3, 0.4) is 0 Å². The predicted molar refractivity (Wildman–Crippen MR) is 47.4 cm³/mol. The van der Waals surface area contributed by atoms with Crippen LogP contribution in [0.5, 0.6) is 5.88 Å². The van der Waals surface area contributed by atoms with Crippen molar-refractivity contribution in [2.24, 2.45) is 0 Å². The topological polar surface area (TPSA) is 59.4 Å². The molecule has 4 nitrogen and oxygen atoms in total. The molecule has 0 saturated carbocycles. The molecule has 0 aliphatic rings. The maximum absolute atomic E-state index is 12.2. The monoisotopic (exact) mass is 255 g/mol. The second-order valence-electron chi connectivity index (χ2n) is 2.69. The van der Waals surface area contributed by atoms with Gasteiger partial charge in [-0.25, -0.2) is 9.78 Å². The molecule has 1 aromatic rings. The highest BCUT2D eigenvalue weighted by molar-refractivity contribution is 6.31. The van der Waals surface area contributed by atoms with Crippen LogP contribution in [0.15, 0.2) is 12.3 Å². The van der Waals surface area contributed by atoms with Crippen molar-refractivity contribution in [3.63, 3.8) is 0 Å². The summed E-state index contributed by atoms with van der Waals surface area (Å²) in [6.45, 7) is -0.724. The van der Waals surface area contributed by atoms with Gasteiger partial charge in [-0.2, -0.15) is 13.2 Å². The zero-order valence-electron chi connectivity index (χ0n) is 7.58. The summed E-state index contributed by atoms with van der Waals surface area (Å²) >= 11 is 5.44. The molecule has 16 heavy (non-hydrogen) atoms. The number of carboxylic acid groups (broad SMARTS) is 1. The summed E-state index contributed by atoms with van der Waals surface area (Å²) in [4.78, 5) is 13.4. The van der Waals surface area contributed by atoms with Crippen molar-refractivity contribution < 1.29 is 27.8 Å². The van der Waals surface area contributed by atoms with Gasteiger partial charge in [0.15, 0.2) is 6.61 Å². The molecule has 0 saturated heterocycles. The lowest BCUT2D eigenvalue weighted by molar-refractivity contribution is -0.140. The Balaban J connectivity index is 2.88. The average molecular weight is 256 g/mol. The fraction of sp³-hybridized carbons (Fsp3) is 0.250. The number of rotatable bonds is 3. The van der Waals surface area contributed by atoms with E-state index in [9.17, 15) is 18.0 Å². The first-order valence-corrected chi connectivity index (χ1v) is 4.26. The summed E-state index contributed by atoms with van der Waals surface area (Å²) in [7, 11) is 0. The molecular weight excluding hydrogens is 251 g/mol. The van der Waals surface area contributed by atoms with Gasteiger partial charge in [0.2, 0.25) is 5.88 Å². The van der Waals surface area contributed by atoms with Gasteiger partial charge in [0.05, 0.1) is 5.56 Å². The lowest BCUT2D eigenvalue weighted by Gasteiger charge is -2.08. The summed E-state index contributed by atoms with van der Waals surface area (Å²) < 4.78 is 41.1. The molecule has 0 aliphatic carbocycles. The van der Waals surface area contributed by atoms with E-state index in [-0.39, 0.29) is 5.88 Å². The summed E-state index contributed by atoms with van der Waals surface area (Å²) in [6, 6.07) is 0.617. The number of aromatic nitrogens is 1. The molecule has 0 fully saturated rings. The number of ether oxygens (including phenoxy) is 1. The van der Waals surface area contributed by atoms with Gasteiger partial charge in [-0.1, -0.05) is 11.6 Å². The number of pyridine rings is 1. The first kappa shape index (κ1) is 12.6. The van der Waals surface area contributed by atoms with Crippen molar-refractivity contribution in [2.45, 2.75) is 6.18 Å². The van der Waals surface area contributed by atoms with Crippen LogP contribution in [-0.4, -0.2) is 22.7 Å². The molecule has 0 amide bonds. The zero-order valence-corrected chi connectivity index (χ0v) is 8.34. The van der Waals surface area contributed by atoms with Gasteiger partial charge < -0.3 is 9.84 Å². The van der Waals surface area contributed by atoms with Crippen LogP contribution in [0, 0.1) is 0 Å². The maximum atomic E-state index is 12.2. The maximum Gasteiger partial charge on any atom is 0.417 e. The standard InChI is InChI=1S/C8H5ClF3NO3/c9-5-1-4(8(10,11)12)2-13-7(5)16-3-6(14)15/h1-2H,3H2,(H,14,15). The Hall–Kier alpha value is -1.50. The Morgan fingerprint density at radius 1 is 1.56 bits per heavy atom. The zero-order chi connectivity index (χ0) is 12.3. The van der Waals surface area contributed by atoms with Crippen LogP contribution < -0.4 is 4.74 Å². The van der Waals surface area contributed by atoms with E-state index in [0.29, 0.717) is 12.3 Å². The lowest BCUT2D eigenvalue weighted by atomic mass is 10.3. The Kier molecular flexibility index (Phi) is 3.58. The molecule has 0 bridgehead atoms. The minimum atomic E-state index is -4.55. The number of aliphatic carboxylic acids is 1. The highest BCUT2D eigenvalue weighted by Crippen LogP contribution is 2.32. The van der Waals surface area contributed by atoms with Crippen LogP contribution in [0.2, 0.25) is 5.02 Å². The van der Waals surface area contributed by atoms with Gasteiger partial charge in [-0.05, 0) is 6.07 Å². The predicted octanol–water partition coefficient (Wildman–Crippen LogP) is 2.22. The van der Waals surface area contributed by atoms with Gasteiger partial charge >= 0.3 is 12.1 Å². The molecule has 1 heterocycles. The molecule has 1 aromatic heterocycles. The van der Waals surface area contributed by atoms with Gasteiger partial charge in [0.25, 0.3) is 0 Å². The van der Waals surface area contributed by atoms with E-state index >= 15 is 0 Å². The van der Waals surface area contributed by atoms with Gasteiger partial charge in [-0.3, -0.25) is 0 Å². The molecule has 8 heteroatoms. The fourth-order valence-corrected chi connectivity index (χ4v) is 1.04. The Morgan fingerprint density at radius 3 is 2.62 bits per heavy atom. The van der Waals surface area contributed by atoms with Crippen molar-refractivity contribution >= 4 is 17.6 Å². The van der Waals surface area contributed by atoms with Crippen molar-refractivity contribution in [1.82, 2.24) is 4.98 Å². The number of nitrogens with zero attached hydrogens (tertiary/aromatic N) is 1. The molecule has 0 aliphatic heterocycles. The third-order valence-electron chi connectivity index (χ3n) is 1.47. The van der Waals surface area contributed by atoms with Crippen molar-refractivity contribution in [3.05, 3.63) is 22.8 Å². The van der Waals surface area contributed by atoms with Crippen molar-refractivity contribution in [3.8, 4) is 5.88 Å². The van der Waals surface area contributed by atoms with Crippen LogP contribution in [0.1, 0.15) is 5.56 Å². The Bertz CT molecular complexity index is 408. The molecule has 0 aromatic carbocycles. The minimum Gasteiger partial charge on any atom is -0.479 e. The number of hydrogen-bond donors (Lipinski definition) is 1. The van der Waals surface area contributed by atoms with E-state index in [4.69, 9.17) is 16.7 Å². The Labute approximate surface area is 92.6 Å². The highest BCUT2D eigenvalue weighted by atomic mass is 35.5. The molecule has 0 atom stereocenters. The van der Waals surface area contributed by atoms with Crippen molar-refractivity contribution in [2.75, 3.05) is 6.61 Å². The first-order chi connectivity index (χ1) is 7.30. The van der Waals surface area contributed by atoms with E-state index in [1.54, 1.807) is 0 Å². The number of hydrogen-bond acceptors (Lipinski definition) is 3. The fourth-order valence-electron chi connectivity index (χ4n) is 0.817. The van der Waals surface area contributed by atoms with E-state index in [2.05, 4.69) is 9.72 Å². The molecular formula is C8H5ClF3NO3. The van der Waals surface area contributed by atoms with Crippen LogP contribution >= 0.6 is 11.6 Å². The second kappa shape index (κ2) is 4.56. The smallest absolute Gasteiger partial charge is 0.417 e. The first-order valence-electron chi connectivity index (χ1n) is 3.88. The van der Waals surface area contributed by atoms with E-state index in [1.807, 2.05) is 0 Å². The quantitative estimate of drug-likeness (QED) is 0.900. The van der Waals surface area contributed by atoms with E-state index in [0.717, 1.165) is 0 Å².